The van der Waals surface area contributed by atoms with Crippen molar-refractivity contribution < 1.29 is 24.0 Å². The third-order valence-electron chi connectivity index (χ3n) is 4.26. The number of rotatable bonds is 7. The van der Waals surface area contributed by atoms with E-state index in [-0.39, 0.29) is 23.2 Å². The number of non-ortho nitro benzene ring substituents is 1. The molecule has 1 aliphatic heterocycles. The highest BCUT2D eigenvalue weighted by Gasteiger charge is 2.33. The van der Waals surface area contributed by atoms with Gasteiger partial charge in [0.2, 0.25) is 5.91 Å². The number of esters is 1. The Morgan fingerprint density at radius 2 is 1.84 bits per heavy atom. The van der Waals surface area contributed by atoms with Gasteiger partial charge in [0.1, 0.15) is 10.9 Å². The number of hydrogen-bond donors (Lipinski definition) is 1. The first-order valence-electron chi connectivity index (χ1n) is 9.35. The maximum absolute atomic E-state index is 12.7. The molecule has 0 bridgehead atoms. The smallest absolute Gasteiger partial charge is 0.338 e. The minimum Gasteiger partial charge on any atom is -0.462 e. The van der Waals surface area contributed by atoms with E-state index in [0.29, 0.717) is 21.7 Å². The zero-order chi connectivity index (χ0) is 23.3. The van der Waals surface area contributed by atoms with Crippen LogP contribution in [0.5, 0.6) is 0 Å². The monoisotopic (exact) mass is 471 g/mol. The molecule has 164 valence electrons. The van der Waals surface area contributed by atoms with E-state index in [9.17, 15) is 24.5 Å². The predicted molar refractivity (Wildman–Crippen MR) is 124 cm³/mol. The molecule has 0 aliphatic carbocycles. The normalized spacial score (nSPS) is 14.5. The van der Waals surface area contributed by atoms with Gasteiger partial charge in [-0.3, -0.25) is 24.6 Å². The van der Waals surface area contributed by atoms with Gasteiger partial charge in [-0.15, -0.1) is 0 Å². The number of ether oxygens (including phenoxy) is 1. The van der Waals surface area contributed by atoms with Crippen molar-refractivity contribution in [2.24, 2.45) is 0 Å². The van der Waals surface area contributed by atoms with E-state index in [1.807, 2.05) is 0 Å². The van der Waals surface area contributed by atoms with Crippen molar-refractivity contribution in [1.29, 1.82) is 0 Å². The maximum Gasteiger partial charge on any atom is 0.338 e. The summed E-state index contributed by atoms with van der Waals surface area (Å²) in [7, 11) is 0. The minimum absolute atomic E-state index is 0.0540. The van der Waals surface area contributed by atoms with Crippen LogP contribution in [-0.4, -0.2) is 45.1 Å². The van der Waals surface area contributed by atoms with Crippen LogP contribution >= 0.6 is 24.0 Å². The van der Waals surface area contributed by atoms with E-state index < -0.39 is 22.7 Å². The highest BCUT2D eigenvalue weighted by atomic mass is 32.2. The summed E-state index contributed by atoms with van der Waals surface area (Å²) in [5.41, 5.74) is 1.36. The van der Waals surface area contributed by atoms with E-state index in [0.717, 1.165) is 11.8 Å². The first-order valence-corrected chi connectivity index (χ1v) is 10.6. The number of nitro benzene ring substituents is 1. The second-order valence-electron chi connectivity index (χ2n) is 6.46. The van der Waals surface area contributed by atoms with Gasteiger partial charge in [0, 0.05) is 17.8 Å². The largest absolute Gasteiger partial charge is 0.462 e. The molecule has 2 amide bonds. The van der Waals surface area contributed by atoms with Crippen LogP contribution in [0.4, 0.5) is 11.4 Å². The van der Waals surface area contributed by atoms with E-state index in [1.165, 1.54) is 41.3 Å². The molecule has 3 rings (SSSR count). The Bertz CT molecular complexity index is 1110. The molecular weight excluding hydrogens is 454 g/mol. The lowest BCUT2D eigenvalue weighted by Crippen LogP contribution is -2.36. The molecule has 0 unspecified atom stereocenters. The fourth-order valence-electron chi connectivity index (χ4n) is 2.73. The first-order chi connectivity index (χ1) is 15.3. The van der Waals surface area contributed by atoms with Crippen LogP contribution in [0, 0.1) is 10.1 Å². The Balaban J connectivity index is 1.63. The summed E-state index contributed by atoms with van der Waals surface area (Å²) in [4.78, 5) is 48.5. The zero-order valence-corrected chi connectivity index (χ0v) is 18.4. The molecule has 0 radical (unpaired) electrons. The number of anilines is 1. The summed E-state index contributed by atoms with van der Waals surface area (Å²) in [6.07, 6.45) is 1.56. The van der Waals surface area contributed by atoms with Crippen LogP contribution in [0.25, 0.3) is 6.08 Å². The summed E-state index contributed by atoms with van der Waals surface area (Å²) in [5.74, 6) is -1.34. The second-order valence-corrected chi connectivity index (χ2v) is 8.14. The quantitative estimate of drug-likeness (QED) is 0.214. The highest BCUT2D eigenvalue weighted by molar-refractivity contribution is 8.26. The summed E-state index contributed by atoms with van der Waals surface area (Å²) in [5, 5.41) is 13.4. The van der Waals surface area contributed by atoms with Crippen LogP contribution in [0.2, 0.25) is 0 Å². The minimum atomic E-state index is -0.508. The number of hydrogen-bond acceptors (Lipinski definition) is 8. The number of amides is 2. The molecule has 11 heteroatoms. The third kappa shape index (κ3) is 5.56. The van der Waals surface area contributed by atoms with Crippen molar-refractivity contribution in [3.8, 4) is 0 Å². The Morgan fingerprint density at radius 3 is 2.44 bits per heavy atom. The van der Waals surface area contributed by atoms with Gasteiger partial charge in [-0.25, -0.2) is 4.79 Å². The Hall–Kier alpha value is -3.57. The molecule has 0 spiro atoms. The van der Waals surface area contributed by atoms with Gasteiger partial charge < -0.3 is 10.1 Å². The van der Waals surface area contributed by atoms with Gasteiger partial charge in [0.05, 0.1) is 22.0 Å². The zero-order valence-electron chi connectivity index (χ0n) is 16.8. The van der Waals surface area contributed by atoms with Crippen molar-refractivity contribution in [2.45, 2.75) is 6.92 Å². The fraction of sp³-hybridized carbons (Fsp3) is 0.143. The lowest BCUT2D eigenvalue weighted by atomic mass is 10.2. The number of carbonyl (C=O) groups is 3. The molecule has 2 aromatic carbocycles. The molecule has 0 saturated carbocycles. The van der Waals surface area contributed by atoms with Crippen LogP contribution < -0.4 is 5.32 Å². The maximum atomic E-state index is 12.7. The molecule has 1 heterocycles. The van der Waals surface area contributed by atoms with Crippen LogP contribution in [0.15, 0.2) is 53.4 Å². The molecule has 0 aromatic heterocycles. The van der Waals surface area contributed by atoms with Gasteiger partial charge in [0.25, 0.3) is 11.6 Å². The standard InChI is InChI=1S/C21H17N3O6S2/c1-2-30-20(27)14-5-7-15(8-6-14)22-18(25)12-23-19(26)17(32-21(23)31)11-13-3-9-16(10-4-13)24(28)29/h3-11H,2,12H2,1H3,(H,22,25)/b17-11-. The number of benzene rings is 2. The van der Waals surface area contributed by atoms with Gasteiger partial charge >= 0.3 is 5.97 Å². The first kappa shape index (κ1) is 23.1. The van der Waals surface area contributed by atoms with Crippen molar-refractivity contribution >= 4 is 63.5 Å². The summed E-state index contributed by atoms with van der Waals surface area (Å²) in [6, 6.07) is 11.9. The molecule has 9 nitrogen and oxygen atoms in total. The average Bonchev–Trinajstić information content (AvgIpc) is 3.02. The number of carbonyl (C=O) groups excluding carboxylic acids is 3. The lowest BCUT2D eigenvalue weighted by Gasteiger charge is -2.14. The molecule has 1 fully saturated rings. The van der Waals surface area contributed by atoms with Gasteiger partial charge in [-0.05, 0) is 55.0 Å². The Morgan fingerprint density at radius 1 is 1.19 bits per heavy atom. The molecule has 1 aliphatic rings. The van der Waals surface area contributed by atoms with Gasteiger partial charge in [-0.1, -0.05) is 24.0 Å². The number of nitrogens with zero attached hydrogens (tertiary/aromatic N) is 2. The number of thioether (sulfide) groups is 1. The number of nitrogens with one attached hydrogen (secondary N) is 1. The molecule has 0 atom stereocenters. The molecule has 1 saturated heterocycles. The van der Waals surface area contributed by atoms with Gasteiger partial charge in [-0.2, -0.15) is 0 Å². The van der Waals surface area contributed by atoms with Crippen LogP contribution in [0.3, 0.4) is 0 Å². The Labute approximate surface area is 192 Å². The second kappa shape index (κ2) is 10.2. The number of thiocarbonyl (C=S) groups is 1. The van der Waals surface area contributed by atoms with Crippen molar-refractivity contribution in [3.63, 3.8) is 0 Å². The molecule has 2 aromatic rings. The average molecular weight is 472 g/mol. The van der Waals surface area contributed by atoms with Crippen LogP contribution in [-0.2, 0) is 14.3 Å². The lowest BCUT2D eigenvalue weighted by molar-refractivity contribution is -0.384. The third-order valence-corrected chi connectivity index (χ3v) is 5.63. The molecular formula is C21H17N3O6S2. The number of nitro groups is 1. The highest BCUT2D eigenvalue weighted by Crippen LogP contribution is 2.32. The fourth-order valence-corrected chi connectivity index (χ4v) is 3.98. The van der Waals surface area contributed by atoms with Crippen LogP contribution in [0.1, 0.15) is 22.8 Å². The SMILES string of the molecule is CCOC(=O)c1ccc(NC(=O)CN2C(=O)/C(=C/c3ccc([N+](=O)[O-])cc3)SC2=S)cc1. The molecule has 1 N–H and O–H groups in total. The van der Waals surface area contributed by atoms with E-state index in [1.54, 1.807) is 25.1 Å². The predicted octanol–water partition coefficient (Wildman–Crippen LogP) is 3.61. The Kier molecular flexibility index (Phi) is 7.33. The summed E-state index contributed by atoms with van der Waals surface area (Å²) < 4.78 is 5.14. The van der Waals surface area contributed by atoms with Crippen molar-refractivity contribution in [3.05, 3.63) is 74.7 Å². The summed E-state index contributed by atoms with van der Waals surface area (Å²) in [6.45, 7) is 1.70. The van der Waals surface area contributed by atoms with Crippen molar-refractivity contribution in [2.75, 3.05) is 18.5 Å². The van der Waals surface area contributed by atoms with Crippen molar-refractivity contribution in [1.82, 2.24) is 4.90 Å². The summed E-state index contributed by atoms with van der Waals surface area (Å²) >= 11 is 6.27. The van der Waals surface area contributed by atoms with E-state index in [4.69, 9.17) is 17.0 Å². The van der Waals surface area contributed by atoms with E-state index in [2.05, 4.69) is 5.32 Å². The molecule has 32 heavy (non-hydrogen) atoms. The van der Waals surface area contributed by atoms with E-state index >= 15 is 0 Å². The topological polar surface area (TPSA) is 119 Å². The van der Waals surface area contributed by atoms with Gasteiger partial charge in [0.15, 0.2) is 0 Å².